The molecule has 0 spiro atoms. The second-order valence-electron chi connectivity index (χ2n) is 5.92. The third kappa shape index (κ3) is 5.61. The fourth-order valence-corrected chi connectivity index (χ4v) is 2.33. The van der Waals surface area contributed by atoms with E-state index in [1.165, 1.54) is 0 Å². The van der Waals surface area contributed by atoms with Gasteiger partial charge in [0, 0.05) is 19.5 Å². The number of rotatable bonds is 7. The van der Waals surface area contributed by atoms with Crippen molar-refractivity contribution in [3.8, 4) is 0 Å². The van der Waals surface area contributed by atoms with Gasteiger partial charge in [0.2, 0.25) is 5.91 Å². The lowest BCUT2D eigenvalue weighted by Crippen LogP contribution is -2.55. The van der Waals surface area contributed by atoms with Crippen LogP contribution in [0, 0.1) is 5.92 Å². The molecule has 0 aromatic rings. The largest absolute Gasteiger partial charge is 0.480 e. The van der Waals surface area contributed by atoms with Crippen molar-refractivity contribution < 1.29 is 19.5 Å². The predicted molar refractivity (Wildman–Crippen MR) is 77.8 cm³/mol. The van der Waals surface area contributed by atoms with Gasteiger partial charge in [0.1, 0.15) is 5.54 Å². The number of hydrogen-bond donors (Lipinski definition) is 4. The number of carboxylic acid groups (broad SMARTS) is 1. The van der Waals surface area contributed by atoms with Gasteiger partial charge < -0.3 is 21.1 Å². The van der Waals surface area contributed by atoms with Gasteiger partial charge in [-0.1, -0.05) is 26.7 Å². The Morgan fingerprint density at radius 1 is 1.14 bits per heavy atom. The van der Waals surface area contributed by atoms with Crippen molar-refractivity contribution in [2.45, 2.75) is 51.5 Å². The Labute approximate surface area is 124 Å². The molecule has 1 rings (SSSR count). The van der Waals surface area contributed by atoms with Crippen molar-refractivity contribution in [2.24, 2.45) is 5.92 Å². The number of carbonyl (C=O) groups is 3. The van der Waals surface area contributed by atoms with Gasteiger partial charge in [0.05, 0.1) is 0 Å². The molecular formula is C14H25N3O4. The van der Waals surface area contributed by atoms with Gasteiger partial charge >= 0.3 is 12.0 Å². The summed E-state index contributed by atoms with van der Waals surface area (Å²) in [5.74, 6) is -0.745. The quantitative estimate of drug-likeness (QED) is 0.559. The summed E-state index contributed by atoms with van der Waals surface area (Å²) in [4.78, 5) is 34.5. The standard InChI is InChI=1S/C14H25N3O4/c1-10(2)9-16-11(18)5-8-15-13(21)17-14(12(19)20)6-3-4-7-14/h10H,3-9H2,1-2H3,(H,16,18)(H,19,20)(H2,15,17,21). The van der Waals surface area contributed by atoms with Crippen LogP contribution in [0.3, 0.4) is 0 Å². The molecular weight excluding hydrogens is 274 g/mol. The van der Waals surface area contributed by atoms with E-state index in [4.69, 9.17) is 0 Å². The average molecular weight is 299 g/mol. The van der Waals surface area contributed by atoms with Crippen molar-refractivity contribution in [3.63, 3.8) is 0 Å². The van der Waals surface area contributed by atoms with Crippen LogP contribution in [0.15, 0.2) is 0 Å². The van der Waals surface area contributed by atoms with Gasteiger partial charge in [-0.2, -0.15) is 0 Å². The van der Waals surface area contributed by atoms with Gasteiger partial charge in [-0.3, -0.25) is 4.79 Å². The third-order valence-corrected chi connectivity index (χ3v) is 3.56. The molecule has 7 heteroatoms. The Morgan fingerprint density at radius 3 is 2.29 bits per heavy atom. The normalized spacial score (nSPS) is 16.5. The fourth-order valence-electron chi connectivity index (χ4n) is 2.33. The highest BCUT2D eigenvalue weighted by Gasteiger charge is 2.42. The van der Waals surface area contributed by atoms with Crippen LogP contribution in [0.5, 0.6) is 0 Å². The number of aliphatic carboxylic acids is 1. The molecule has 0 radical (unpaired) electrons. The first-order chi connectivity index (χ1) is 9.85. The summed E-state index contributed by atoms with van der Waals surface area (Å²) in [5, 5.41) is 17.1. The maximum absolute atomic E-state index is 11.7. The van der Waals surface area contributed by atoms with Gasteiger partial charge in [0.25, 0.3) is 0 Å². The second-order valence-corrected chi connectivity index (χ2v) is 5.92. The van der Waals surface area contributed by atoms with Crippen molar-refractivity contribution in [1.29, 1.82) is 0 Å². The predicted octanol–water partition coefficient (Wildman–Crippen LogP) is 0.845. The van der Waals surface area contributed by atoms with E-state index in [0.717, 1.165) is 12.8 Å². The Balaban J connectivity index is 2.28. The molecule has 0 aromatic heterocycles. The van der Waals surface area contributed by atoms with E-state index >= 15 is 0 Å². The van der Waals surface area contributed by atoms with Gasteiger partial charge in [-0.05, 0) is 18.8 Å². The van der Waals surface area contributed by atoms with Gasteiger partial charge in [0.15, 0.2) is 0 Å². The smallest absolute Gasteiger partial charge is 0.329 e. The van der Waals surface area contributed by atoms with Crippen LogP contribution in [0.1, 0.15) is 46.0 Å². The zero-order chi connectivity index (χ0) is 15.9. The van der Waals surface area contributed by atoms with E-state index in [9.17, 15) is 19.5 Å². The minimum Gasteiger partial charge on any atom is -0.480 e. The molecule has 0 atom stereocenters. The lowest BCUT2D eigenvalue weighted by molar-refractivity contribution is -0.144. The SMILES string of the molecule is CC(C)CNC(=O)CCNC(=O)NC1(C(=O)O)CCCC1. The number of nitrogens with one attached hydrogen (secondary N) is 3. The molecule has 0 heterocycles. The Bertz CT molecular complexity index is 390. The molecule has 0 bridgehead atoms. The fraction of sp³-hybridized carbons (Fsp3) is 0.786. The number of hydrogen-bond acceptors (Lipinski definition) is 3. The molecule has 120 valence electrons. The zero-order valence-corrected chi connectivity index (χ0v) is 12.7. The molecule has 1 saturated carbocycles. The van der Waals surface area contributed by atoms with Crippen molar-refractivity contribution in [3.05, 3.63) is 0 Å². The molecule has 4 N–H and O–H groups in total. The van der Waals surface area contributed by atoms with Gasteiger partial charge in [-0.15, -0.1) is 0 Å². The van der Waals surface area contributed by atoms with E-state index in [1.807, 2.05) is 13.8 Å². The minimum absolute atomic E-state index is 0.127. The first kappa shape index (κ1) is 17.3. The Hall–Kier alpha value is -1.79. The van der Waals surface area contributed by atoms with Crippen LogP contribution in [0.4, 0.5) is 4.79 Å². The summed E-state index contributed by atoms with van der Waals surface area (Å²) < 4.78 is 0. The van der Waals surface area contributed by atoms with E-state index in [-0.39, 0.29) is 18.9 Å². The Kier molecular flexibility index (Phi) is 6.45. The topological polar surface area (TPSA) is 108 Å². The first-order valence-corrected chi connectivity index (χ1v) is 7.42. The second kappa shape index (κ2) is 7.85. The number of carbonyl (C=O) groups excluding carboxylic acids is 2. The molecule has 0 unspecified atom stereocenters. The first-order valence-electron chi connectivity index (χ1n) is 7.42. The summed E-state index contributed by atoms with van der Waals surface area (Å²) >= 11 is 0. The lowest BCUT2D eigenvalue weighted by Gasteiger charge is -2.25. The third-order valence-electron chi connectivity index (χ3n) is 3.56. The zero-order valence-electron chi connectivity index (χ0n) is 12.7. The van der Waals surface area contributed by atoms with E-state index in [1.54, 1.807) is 0 Å². The molecule has 1 aliphatic rings. The van der Waals surface area contributed by atoms with Crippen molar-refractivity contribution >= 4 is 17.9 Å². The van der Waals surface area contributed by atoms with Crippen LogP contribution in [0.2, 0.25) is 0 Å². The monoisotopic (exact) mass is 299 g/mol. The van der Waals surface area contributed by atoms with Crippen molar-refractivity contribution in [1.82, 2.24) is 16.0 Å². The van der Waals surface area contributed by atoms with E-state index < -0.39 is 17.5 Å². The van der Waals surface area contributed by atoms with Crippen LogP contribution in [0.25, 0.3) is 0 Å². The molecule has 1 aliphatic carbocycles. The van der Waals surface area contributed by atoms with E-state index in [0.29, 0.717) is 25.3 Å². The summed E-state index contributed by atoms with van der Waals surface area (Å²) in [7, 11) is 0. The molecule has 0 aliphatic heterocycles. The van der Waals surface area contributed by atoms with Crippen LogP contribution >= 0.6 is 0 Å². The van der Waals surface area contributed by atoms with Crippen LogP contribution in [-0.2, 0) is 9.59 Å². The molecule has 0 saturated heterocycles. The maximum atomic E-state index is 11.7. The Morgan fingerprint density at radius 2 is 1.76 bits per heavy atom. The number of amides is 3. The maximum Gasteiger partial charge on any atom is 0.329 e. The van der Waals surface area contributed by atoms with Crippen molar-refractivity contribution in [2.75, 3.05) is 13.1 Å². The van der Waals surface area contributed by atoms with E-state index in [2.05, 4.69) is 16.0 Å². The highest BCUT2D eigenvalue weighted by Crippen LogP contribution is 2.29. The lowest BCUT2D eigenvalue weighted by atomic mass is 9.98. The minimum atomic E-state index is -1.15. The summed E-state index contributed by atoms with van der Waals surface area (Å²) in [6, 6.07) is -0.532. The van der Waals surface area contributed by atoms with Crippen LogP contribution in [-0.4, -0.2) is 41.6 Å². The number of urea groups is 1. The molecule has 3 amide bonds. The molecule has 7 nitrogen and oxygen atoms in total. The van der Waals surface area contributed by atoms with Crippen LogP contribution < -0.4 is 16.0 Å². The molecule has 0 aromatic carbocycles. The highest BCUT2D eigenvalue weighted by molar-refractivity contribution is 5.86. The highest BCUT2D eigenvalue weighted by atomic mass is 16.4. The average Bonchev–Trinajstić information content (AvgIpc) is 2.86. The molecule has 1 fully saturated rings. The number of carboxylic acids is 1. The van der Waals surface area contributed by atoms with Gasteiger partial charge in [-0.25, -0.2) is 9.59 Å². The summed E-state index contributed by atoms with van der Waals surface area (Å²) in [6.45, 7) is 4.79. The summed E-state index contributed by atoms with van der Waals surface area (Å²) in [6.07, 6.45) is 2.67. The molecule has 21 heavy (non-hydrogen) atoms. The summed E-state index contributed by atoms with van der Waals surface area (Å²) in [5.41, 5.74) is -1.15.